The maximum Gasteiger partial charge on any atom is 0.253 e. The first-order valence-electron chi connectivity index (χ1n) is 7.40. The van der Waals surface area contributed by atoms with Gasteiger partial charge in [-0.2, -0.15) is 0 Å². The van der Waals surface area contributed by atoms with Crippen LogP contribution in [-0.2, 0) is 4.79 Å². The monoisotopic (exact) mass is 289 g/mol. The smallest absolute Gasteiger partial charge is 0.253 e. The zero-order valence-corrected chi connectivity index (χ0v) is 12.7. The van der Waals surface area contributed by atoms with Crippen molar-refractivity contribution in [3.05, 3.63) is 35.4 Å². The van der Waals surface area contributed by atoms with Gasteiger partial charge in [-0.1, -0.05) is 17.7 Å². The standard InChI is InChI=1S/C16H23N3O2/c1-12-3-5-13(6-4-12)16(21)19-9-7-14(8-10-19)18-15(20)11-17-2/h3-6,14,17H,7-11H2,1-2H3,(H,18,20). The second-order valence-corrected chi connectivity index (χ2v) is 5.53. The molecule has 0 atom stereocenters. The van der Waals surface area contributed by atoms with Crippen LogP contribution in [0.5, 0.6) is 0 Å². The fourth-order valence-electron chi connectivity index (χ4n) is 2.54. The van der Waals surface area contributed by atoms with Crippen molar-refractivity contribution in [2.24, 2.45) is 0 Å². The highest BCUT2D eigenvalue weighted by Crippen LogP contribution is 2.14. The van der Waals surface area contributed by atoms with E-state index in [1.807, 2.05) is 36.1 Å². The number of carbonyl (C=O) groups is 2. The fourth-order valence-corrected chi connectivity index (χ4v) is 2.54. The molecule has 1 saturated heterocycles. The number of likely N-dealkylation sites (tertiary alicyclic amines) is 1. The minimum Gasteiger partial charge on any atom is -0.352 e. The largest absolute Gasteiger partial charge is 0.352 e. The van der Waals surface area contributed by atoms with E-state index >= 15 is 0 Å². The molecule has 1 aromatic rings. The van der Waals surface area contributed by atoms with Gasteiger partial charge in [0.25, 0.3) is 5.91 Å². The van der Waals surface area contributed by atoms with E-state index in [4.69, 9.17) is 0 Å². The molecule has 0 spiro atoms. The van der Waals surface area contributed by atoms with E-state index in [2.05, 4.69) is 10.6 Å². The molecule has 1 aliphatic heterocycles. The SMILES string of the molecule is CNCC(=O)NC1CCN(C(=O)c2ccc(C)cc2)CC1. The van der Waals surface area contributed by atoms with Crippen LogP contribution in [0.1, 0.15) is 28.8 Å². The van der Waals surface area contributed by atoms with Crippen LogP contribution in [0.4, 0.5) is 0 Å². The topological polar surface area (TPSA) is 61.4 Å². The molecule has 0 unspecified atom stereocenters. The molecule has 1 fully saturated rings. The van der Waals surface area contributed by atoms with Crippen molar-refractivity contribution >= 4 is 11.8 Å². The van der Waals surface area contributed by atoms with Crippen molar-refractivity contribution in [2.45, 2.75) is 25.8 Å². The van der Waals surface area contributed by atoms with E-state index in [0.717, 1.165) is 24.0 Å². The maximum absolute atomic E-state index is 12.4. The maximum atomic E-state index is 12.4. The van der Waals surface area contributed by atoms with Gasteiger partial charge in [-0.15, -0.1) is 0 Å². The van der Waals surface area contributed by atoms with E-state index in [1.54, 1.807) is 7.05 Å². The molecule has 114 valence electrons. The first-order chi connectivity index (χ1) is 10.1. The van der Waals surface area contributed by atoms with E-state index < -0.39 is 0 Å². The number of benzene rings is 1. The third-order valence-electron chi connectivity index (χ3n) is 3.78. The van der Waals surface area contributed by atoms with Crippen molar-refractivity contribution in [3.63, 3.8) is 0 Å². The van der Waals surface area contributed by atoms with Crippen LogP contribution in [0.25, 0.3) is 0 Å². The summed E-state index contributed by atoms with van der Waals surface area (Å²) >= 11 is 0. The van der Waals surface area contributed by atoms with Gasteiger partial charge in [0, 0.05) is 24.7 Å². The minimum atomic E-state index is 0.0146. The van der Waals surface area contributed by atoms with Crippen molar-refractivity contribution in [1.29, 1.82) is 0 Å². The molecule has 2 rings (SSSR count). The molecule has 5 heteroatoms. The molecule has 2 N–H and O–H groups in total. The third kappa shape index (κ3) is 4.29. The van der Waals surface area contributed by atoms with Crippen LogP contribution in [-0.4, -0.2) is 49.4 Å². The highest BCUT2D eigenvalue weighted by molar-refractivity contribution is 5.94. The number of hydrogen-bond acceptors (Lipinski definition) is 3. The lowest BCUT2D eigenvalue weighted by Crippen LogP contribution is -2.48. The molecule has 2 amide bonds. The van der Waals surface area contributed by atoms with Gasteiger partial charge in [-0.25, -0.2) is 0 Å². The van der Waals surface area contributed by atoms with Gasteiger partial charge < -0.3 is 15.5 Å². The fraction of sp³-hybridized carbons (Fsp3) is 0.500. The Hall–Kier alpha value is -1.88. The van der Waals surface area contributed by atoms with Crippen molar-refractivity contribution in [1.82, 2.24) is 15.5 Å². The molecule has 0 aromatic heterocycles. The molecule has 21 heavy (non-hydrogen) atoms. The average molecular weight is 289 g/mol. The third-order valence-corrected chi connectivity index (χ3v) is 3.78. The minimum absolute atomic E-state index is 0.0146. The van der Waals surface area contributed by atoms with Crippen molar-refractivity contribution < 1.29 is 9.59 Å². The van der Waals surface area contributed by atoms with Crippen LogP contribution in [0, 0.1) is 6.92 Å². The van der Waals surface area contributed by atoms with Crippen LogP contribution in [0.2, 0.25) is 0 Å². The number of rotatable bonds is 4. The van der Waals surface area contributed by atoms with E-state index in [0.29, 0.717) is 19.6 Å². The second-order valence-electron chi connectivity index (χ2n) is 5.53. The summed E-state index contributed by atoms with van der Waals surface area (Å²) in [5.74, 6) is 0.0933. The van der Waals surface area contributed by atoms with Gasteiger partial charge in [-0.05, 0) is 38.9 Å². The van der Waals surface area contributed by atoms with Crippen LogP contribution in [0.15, 0.2) is 24.3 Å². The molecule has 5 nitrogen and oxygen atoms in total. The average Bonchev–Trinajstić information content (AvgIpc) is 2.48. The summed E-state index contributed by atoms with van der Waals surface area (Å²) in [6.07, 6.45) is 1.63. The Morgan fingerprint density at radius 1 is 1.19 bits per heavy atom. The van der Waals surface area contributed by atoms with Crippen molar-refractivity contribution in [2.75, 3.05) is 26.7 Å². The molecule has 1 aromatic carbocycles. The molecular formula is C16H23N3O2. The summed E-state index contributed by atoms with van der Waals surface area (Å²) in [6.45, 7) is 3.73. The molecule has 0 bridgehead atoms. The number of likely N-dealkylation sites (N-methyl/N-ethyl adjacent to an activating group) is 1. The number of hydrogen-bond donors (Lipinski definition) is 2. The lowest BCUT2D eigenvalue weighted by atomic mass is 10.0. The lowest BCUT2D eigenvalue weighted by molar-refractivity contribution is -0.121. The molecule has 0 aliphatic carbocycles. The molecular weight excluding hydrogens is 266 g/mol. The first kappa shape index (κ1) is 15.5. The molecule has 1 aliphatic rings. The Bertz CT molecular complexity index is 491. The predicted octanol–water partition coefficient (Wildman–Crippen LogP) is 0.935. The second kappa shape index (κ2) is 7.22. The summed E-state index contributed by atoms with van der Waals surface area (Å²) in [6, 6.07) is 7.83. The Kier molecular flexibility index (Phi) is 5.33. The predicted molar refractivity (Wildman–Crippen MR) is 82.2 cm³/mol. The van der Waals surface area contributed by atoms with E-state index in [9.17, 15) is 9.59 Å². The zero-order chi connectivity index (χ0) is 15.2. The number of aryl methyl sites for hydroxylation is 1. The summed E-state index contributed by atoms with van der Waals surface area (Å²) in [5.41, 5.74) is 1.88. The zero-order valence-electron chi connectivity index (χ0n) is 12.7. The number of amides is 2. The first-order valence-corrected chi connectivity index (χ1v) is 7.40. The number of nitrogens with zero attached hydrogens (tertiary/aromatic N) is 1. The normalized spacial score (nSPS) is 15.8. The Labute approximate surface area is 125 Å². The highest BCUT2D eigenvalue weighted by Gasteiger charge is 2.24. The summed E-state index contributed by atoms with van der Waals surface area (Å²) < 4.78 is 0. The van der Waals surface area contributed by atoms with Gasteiger partial charge in [0.1, 0.15) is 0 Å². The van der Waals surface area contributed by atoms with Crippen molar-refractivity contribution in [3.8, 4) is 0 Å². The Morgan fingerprint density at radius 2 is 1.81 bits per heavy atom. The molecule has 0 saturated carbocycles. The Morgan fingerprint density at radius 3 is 2.38 bits per heavy atom. The number of piperidine rings is 1. The van der Waals surface area contributed by atoms with Gasteiger partial charge in [0.15, 0.2) is 0 Å². The summed E-state index contributed by atoms with van der Waals surface area (Å²) in [7, 11) is 1.75. The highest BCUT2D eigenvalue weighted by atomic mass is 16.2. The van der Waals surface area contributed by atoms with E-state index in [-0.39, 0.29) is 17.9 Å². The van der Waals surface area contributed by atoms with E-state index in [1.165, 1.54) is 0 Å². The lowest BCUT2D eigenvalue weighted by Gasteiger charge is -2.32. The van der Waals surface area contributed by atoms with Crippen LogP contribution in [0.3, 0.4) is 0 Å². The van der Waals surface area contributed by atoms with Gasteiger partial charge >= 0.3 is 0 Å². The summed E-state index contributed by atoms with van der Waals surface area (Å²) in [5, 5.41) is 5.82. The number of carbonyl (C=O) groups excluding carboxylic acids is 2. The van der Waals surface area contributed by atoms with Crippen LogP contribution >= 0.6 is 0 Å². The number of nitrogens with one attached hydrogen (secondary N) is 2. The summed E-state index contributed by atoms with van der Waals surface area (Å²) in [4.78, 5) is 25.8. The molecule has 1 heterocycles. The Balaban J connectivity index is 1.84. The van der Waals surface area contributed by atoms with Crippen LogP contribution < -0.4 is 10.6 Å². The van der Waals surface area contributed by atoms with Gasteiger partial charge in [-0.3, -0.25) is 9.59 Å². The van der Waals surface area contributed by atoms with Gasteiger partial charge in [0.05, 0.1) is 6.54 Å². The van der Waals surface area contributed by atoms with Gasteiger partial charge in [0.2, 0.25) is 5.91 Å². The quantitative estimate of drug-likeness (QED) is 0.867. The molecule has 0 radical (unpaired) electrons.